The zero-order valence-corrected chi connectivity index (χ0v) is 15.9. The number of hydrogen-bond acceptors (Lipinski definition) is 5. The van der Waals surface area contributed by atoms with Crippen LogP contribution in [0.2, 0.25) is 0 Å². The highest BCUT2D eigenvalue weighted by atomic mass is 19.3. The van der Waals surface area contributed by atoms with Crippen molar-refractivity contribution < 1.29 is 32.6 Å². The van der Waals surface area contributed by atoms with E-state index in [2.05, 4.69) is 10.1 Å². The molecule has 1 atom stereocenters. The Hall–Kier alpha value is -3.36. The smallest absolute Gasteiger partial charge is 0.387 e. The summed E-state index contributed by atoms with van der Waals surface area (Å²) < 4.78 is 39.5. The molecule has 2 aromatic carbocycles. The van der Waals surface area contributed by atoms with Crippen LogP contribution in [0.15, 0.2) is 48.5 Å². The third kappa shape index (κ3) is 4.39. The van der Waals surface area contributed by atoms with Crippen LogP contribution < -0.4 is 19.5 Å². The van der Waals surface area contributed by atoms with Crippen LogP contribution in [0.5, 0.6) is 17.2 Å². The van der Waals surface area contributed by atoms with Crippen molar-refractivity contribution >= 4 is 11.9 Å². The number of alkyl halides is 2. The topological polar surface area (TPSA) is 77.1 Å². The lowest BCUT2D eigenvalue weighted by atomic mass is 9.92. The van der Waals surface area contributed by atoms with Gasteiger partial charge in [0.25, 0.3) is 5.91 Å². The number of rotatable bonds is 8. The van der Waals surface area contributed by atoms with E-state index in [-0.39, 0.29) is 18.9 Å². The van der Waals surface area contributed by atoms with E-state index in [0.29, 0.717) is 17.1 Å². The lowest BCUT2D eigenvalue weighted by Crippen LogP contribution is -2.41. The Morgan fingerprint density at radius 1 is 1.00 bits per heavy atom. The molecule has 0 bridgehead atoms. The summed E-state index contributed by atoms with van der Waals surface area (Å²) in [5, 5.41) is 2.65. The Balaban J connectivity index is 1.63. The van der Waals surface area contributed by atoms with E-state index in [0.717, 1.165) is 4.90 Å². The van der Waals surface area contributed by atoms with Crippen molar-refractivity contribution in [3.63, 3.8) is 0 Å². The van der Waals surface area contributed by atoms with Crippen LogP contribution in [0.25, 0.3) is 0 Å². The summed E-state index contributed by atoms with van der Waals surface area (Å²) in [6.07, 6.45) is 0. The Labute approximate surface area is 166 Å². The van der Waals surface area contributed by atoms with Gasteiger partial charge in [0.1, 0.15) is 29.4 Å². The highest BCUT2D eigenvalue weighted by Crippen LogP contribution is 2.30. The quantitative estimate of drug-likeness (QED) is 0.682. The molecule has 0 radical (unpaired) electrons. The van der Waals surface area contributed by atoms with Gasteiger partial charge in [0.05, 0.1) is 13.7 Å². The second-order valence-corrected chi connectivity index (χ2v) is 6.44. The highest BCUT2D eigenvalue weighted by molar-refractivity contribution is 6.07. The predicted octanol–water partition coefficient (Wildman–Crippen LogP) is 3.14. The number of imide groups is 1. The number of hydrogen-bond donors (Lipinski definition) is 1. The number of ether oxygens (including phenoxy) is 3. The molecule has 2 aromatic rings. The fraction of sp³-hybridized carbons (Fsp3) is 0.300. The molecule has 1 aliphatic heterocycles. The first-order valence-electron chi connectivity index (χ1n) is 8.80. The first-order chi connectivity index (χ1) is 13.8. The van der Waals surface area contributed by atoms with Gasteiger partial charge in [0.15, 0.2) is 0 Å². The highest BCUT2D eigenvalue weighted by Gasteiger charge is 2.48. The van der Waals surface area contributed by atoms with Gasteiger partial charge in [-0.1, -0.05) is 12.1 Å². The minimum Gasteiger partial charge on any atom is -0.497 e. The summed E-state index contributed by atoms with van der Waals surface area (Å²) >= 11 is 0. The van der Waals surface area contributed by atoms with Crippen LogP contribution in [0.1, 0.15) is 12.5 Å². The summed E-state index contributed by atoms with van der Waals surface area (Å²) in [5.41, 5.74) is -0.850. The molecule has 0 saturated carbocycles. The number of halogens is 2. The van der Waals surface area contributed by atoms with Gasteiger partial charge in [0.2, 0.25) is 0 Å². The van der Waals surface area contributed by atoms with Crippen LogP contribution >= 0.6 is 0 Å². The molecule has 9 heteroatoms. The number of methoxy groups -OCH3 is 1. The molecule has 1 saturated heterocycles. The minimum atomic E-state index is -2.94. The Kier molecular flexibility index (Phi) is 5.86. The van der Waals surface area contributed by atoms with Crippen LogP contribution in [0.4, 0.5) is 13.6 Å². The fourth-order valence-corrected chi connectivity index (χ4v) is 2.99. The van der Waals surface area contributed by atoms with Crippen LogP contribution in [-0.4, -0.2) is 43.7 Å². The summed E-state index contributed by atoms with van der Waals surface area (Å²) in [4.78, 5) is 26.2. The van der Waals surface area contributed by atoms with Gasteiger partial charge in [-0.2, -0.15) is 8.78 Å². The first kappa shape index (κ1) is 20.4. The predicted molar refractivity (Wildman–Crippen MR) is 99.2 cm³/mol. The maximum Gasteiger partial charge on any atom is 0.387 e. The Morgan fingerprint density at radius 2 is 1.59 bits per heavy atom. The van der Waals surface area contributed by atoms with Crippen LogP contribution in [0, 0.1) is 0 Å². The number of carbonyl (C=O) groups excluding carboxylic acids is 2. The molecule has 1 heterocycles. The van der Waals surface area contributed by atoms with Crippen molar-refractivity contribution in [3.05, 3.63) is 54.1 Å². The van der Waals surface area contributed by atoms with Crippen LogP contribution in [0.3, 0.4) is 0 Å². The molecule has 0 spiro atoms. The van der Waals surface area contributed by atoms with Crippen LogP contribution in [-0.2, 0) is 10.3 Å². The van der Waals surface area contributed by atoms with Crippen molar-refractivity contribution in [1.29, 1.82) is 0 Å². The molecule has 1 N–H and O–H groups in total. The fourth-order valence-electron chi connectivity index (χ4n) is 2.99. The SMILES string of the molecule is COc1ccc(OCCN2C(=O)NC(C)(c3ccc(OC(F)F)cc3)C2=O)cc1. The zero-order chi connectivity index (χ0) is 21.0. The average molecular weight is 406 g/mol. The normalized spacial score (nSPS) is 18.7. The van der Waals surface area contributed by atoms with E-state index in [4.69, 9.17) is 9.47 Å². The number of nitrogens with zero attached hydrogens (tertiary/aromatic N) is 1. The van der Waals surface area contributed by atoms with Crippen molar-refractivity contribution in [1.82, 2.24) is 10.2 Å². The number of carbonyl (C=O) groups is 2. The van der Waals surface area contributed by atoms with E-state index in [9.17, 15) is 18.4 Å². The Bertz CT molecular complexity index is 873. The summed E-state index contributed by atoms with van der Waals surface area (Å²) in [6.45, 7) is -1.22. The molecule has 1 fully saturated rings. The first-order valence-corrected chi connectivity index (χ1v) is 8.80. The van der Waals surface area contributed by atoms with Gasteiger partial charge in [-0.3, -0.25) is 9.69 Å². The maximum absolute atomic E-state index is 12.8. The molecule has 1 aliphatic rings. The molecule has 3 rings (SSSR count). The molecule has 0 aliphatic carbocycles. The molecule has 3 amide bonds. The standard InChI is InChI=1S/C20H20F2N2O5/c1-20(13-3-5-16(6-4-13)29-18(21)22)17(25)24(19(26)23-20)11-12-28-15-9-7-14(27-2)8-10-15/h3-10,18H,11-12H2,1-2H3,(H,23,26). The third-order valence-corrected chi connectivity index (χ3v) is 4.57. The molecule has 29 heavy (non-hydrogen) atoms. The molecule has 0 aromatic heterocycles. The van der Waals surface area contributed by atoms with E-state index in [1.165, 1.54) is 24.3 Å². The summed E-state index contributed by atoms with van der Waals surface area (Å²) in [6, 6.07) is 11.9. The van der Waals surface area contributed by atoms with Crippen molar-refractivity contribution in [3.8, 4) is 17.2 Å². The molecule has 1 unspecified atom stereocenters. The van der Waals surface area contributed by atoms with Gasteiger partial charge in [-0.05, 0) is 48.9 Å². The molecule has 154 valence electrons. The largest absolute Gasteiger partial charge is 0.497 e. The van der Waals surface area contributed by atoms with Gasteiger partial charge >= 0.3 is 12.6 Å². The van der Waals surface area contributed by atoms with E-state index < -0.39 is 24.1 Å². The number of benzene rings is 2. The second kappa shape index (κ2) is 8.34. The van der Waals surface area contributed by atoms with Crippen molar-refractivity contribution in [2.45, 2.75) is 19.1 Å². The monoisotopic (exact) mass is 406 g/mol. The van der Waals surface area contributed by atoms with Gasteiger partial charge in [-0.15, -0.1) is 0 Å². The van der Waals surface area contributed by atoms with E-state index >= 15 is 0 Å². The number of amides is 3. The van der Waals surface area contributed by atoms with Gasteiger partial charge < -0.3 is 19.5 Å². The maximum atomic E-state index is 12.8. The lowest BCUT2D eigenvalue weighted by molar-refractivity contribution is -0.131. The summed E-state index contributed by atoms with van der Waals surface area (Å²) in [5.74, 6) is 0.777. The van der Waals surface area contributed by atoms with Gasteiger partial charge in [0, 0.05) is 0 Å². The second-order valence-electron chi connectivity index (χ2n) is 6.44. The zero-order valence-electron chi connectivity index (χ0n) is 15.9. The number of urea groups is 1. The lowest BCUT2D eigenvalue weighted by Gasteiger charge is -2.22. The van der Waals surface area contributed by atoms with Crippen molar-refractivity contribution in [2.75, 3.05) is 20.3 Å². The third-order valence-electron chi connectivity index (χ3n) is 4.57. The molecular formula is C20H20F2N2O5. The number of nitrogens with one attached hydrogen (secondary N) is 1. The molecular weight excluding hydrogens is 386 g/mol. The van der Waals surface area contributed by atoms with E-state index in [1.54, 1.807) is 38.3 Å². The van der Waals surface area contributed by atoms with E-state index in [1.807, 2.05) is 0 Å². The average Bonchev–Trinajstić information content (AvgIpc) is 2.92. The molecule has 7 nitrogen and oxygen atoms in total. The minimum absolute atomic E-state index is 0.0335. The summed E-state index contributed by atoms with van der Waals surface area (Å²) in [7, 11) is 1.56. The van der Waals surface area contributed by atoms with Crippen molar-refractivity contribution in [2.24, 2.45) is 0 Å². The van der Waals surface area contributed by atoms with Gasteiger partial charge in [-0.25, -0.2) is 4.79 Å². The Morgan fingerprint density at radius 3 is 2.17 bits per heavy atom.